The molecule has 5 nitrogen and oxygen atoms in total. The van der Waals surface area contributed by atoms with Crippen molar-refractivity contribution in [3.05, 3.63) is 42.3 Å². The second-order valence-corrected chi connectivity index (χ2v) is 7.57. The minimum Gasteiger partial charge on any atom is -0.478 e. The smallest absolute Gasteiger partial charge is 0.340 e. The summed E-state index contributed by atoms with van der Waals surface area (Å²) in [7, 11) is 0. The Labute approximate surface area is 177 Å². The first kappa shape index (κ1) is 22.2. The number of hydrogen-bond donors (Lipinski definition) is 0. The zero-order valence-corrected chi connectivity index (χ0v) is 17.6. The third kappa shape index (κ3) is 6.52. The molecule has 1 aliphatic rings. The summed E-state index contributed by atoms with van der Waals surface area (Å²) in [6.07, 6.45) is 9.74. The summed E-state index contributed by atoms with van der Waals surface area (Å²) in [5.74, 6) is -0.670. The highest BCUT2D eigenvalue weighted by Crippen LogP contribution is 2.27. The van der Waals surface area contributed by atoms with Gasteiger partial charge in [0.25, 0.3) is 0 Å². The predicted octanol–water partition coefficient (Wildman–Crippen LogP) is 5.71. The van der Waals surface area contributed by atoms with E-state index in [2.05, 4.69) is 11.9 Å². The summed E-state index contributed by atoms with van der Waals surface area (Å²) in [6.45, 7) is 3.40. The molecule has 0 saturated carbocycles. The molecule has 6 heteroatoms. The highest BCUT2D eigenvalue weighted by Gasteiger charge is 2.26. The molecular formula is C24H30FNO4. The molecule has 0 N–H and O–H groups in total. The number of aromatic nitrogens is 1. The monoisotopic (exact) mass is 415 g/mol. The second kappa shape index (κ2) is 11.6. The summed E-state index contributed by atoms with van der Waals surface area (Å²) in [6, 6.07) is 8.13. The van der Waals surface area contributed by atoms with Crippen LogP contribution in [0.3, 0.4) is 0 Å². The van der Waals surface area contributed by atoms with Crippen LogP contribution >= 0.6 is 0 Å². The number of carbonyl (C=O) groups excluding carboxylic acids is 1. The number of pyridine rings is 1. The molecule has 2 heterocycles. The lowest BCUT2D eigenvalue weighted by atomic mass is 10.1. The number of esters is 1. The molecule has 0 amide bonds. The number of nitrogens with zero attached hydrogens (tertiary/aromatic N) is 1. The van der Waals surface area contributed by atoms with Crippen molar-refractivity contribution in [3.8, 4) is 22.8 Å². The van der Waals surface area contributed by atoms with E-state index in [4.69, 9.17) is 14.2 Å². The Morgan fingerprint density at radius 1 is 1.13 bits per heavy atom. The normalized spacial score (nSPS) is 15.9. The summed E-state index contributed by atoms with van der Waals surface area (Å²) >= 11 is 0. The van der Waals surface area contributed by atoms with Crippen molar-refractivity contribution in [1.82, 2.24) is 4.98 Å². The van der Waals surface area contributed by atoms with Crippen LogP contribution in [0.2, 0.25) is 0 Å². The van der Waals surface area contributed by atoms with Gasteiger partial charge in [-0.2, -0.15) is 0 Å². The van der Waals surface area contributed by atoms with Gasteiger partial charge in [-0.3, -0.25) is 0 Å². The maximum atomic E-state index is 14.4. The van der Waals surface area contributed by atoms with Gasteiger partial charge in [0, 0.05) is 24.4 Å². The van der Waals surface area contributed by atoms with Gasteiger partial charge in [0.05, 0.1) is 6.61 Å². The van der Waals surface area contributed by atoms with E-state index in [1.165, 1.54) is 44.2 Å². The molecule has 1 fully saturated rings. The van der Waals surface area contributed by atoms with Crippen LogP contribution in [0.15, 0.2) is 36.5 Å². The van der Waals surface area contributed by atoms with Gasteiger partial charge in [0.1, 0.15) is 0 Å². The molecule has 162 valence electrons. The van der Waals surface area contributed by atoms with Crippen molar-refractivity contribution in [1.29, 1.82) is 0 Å². The summed E-state index contributed by atoms with van der Waals surface area (Å²) in [4.78, 5) is 16.3. The minimum atomic E-state index is -0.600. The van der Waals surface area contributed by atoms with Gasteiger partial charge in [-0.1, -0.05) is 45.1 Å². The first-order chi connectivity index (χ1) is 14.7. The van der Waals surface area contributed by atoms with E-state index in [-0.39, 0.29) is 5.75 Å². The van der Waals surface area contributed by atoms with Crippen molar-refractivity contribution in [2.24, 2.45) is 0 Å². The van der Waals surface area contributed by atoms with E-state index in [0.717, 1.165) is 18.4 Å². The van der Waals surface area contributed by atoms with Crippen LogP contribution in [0.1, 0.15) is 58.3 Å². The summed E-state index contributed by atoms with van der Waals surface area (Å²) < 4.78 is 30.5. The number of unbranched alkanes of at least 4 members (excludes halogenated alkanes) is 5. The maximum Gasteiger partial charge on any atom is 0.340 e. The zero-order valence-electron chi connectivity index (χ0n) is 17.6. The first-order valence-electron chi connectivity index (χ1n) is 10.9. The van der Waals surface area contributed by atoms with Crippen LogP contribution in [0.25, 0.3) is 11.1 Å². The Balaban J connectivity index is 1.49. The molecule has 0 aliphatic carbocycles. The standard InChI is InChI=1S/C24H30FNO4/c1-2-3-4-5-6-7-14-29-23-13-11-19(17-26-23)18-10-12-21(20(25)16-18)30-24(27)22-9-8-15-28-22/h10-13,16-17,22H,2-9,14-15H2,1H3. The largest absolute Gasteiger partial charge is 0.478 e. The van der Waals surface area contributed by atoms with Crippen LogP contribution in [-0.2, 0) is 9.53 Å². The van der Waals surface area contributed by atoms with Crippen molar-refractivity contribution >= 4 is 5.97 Å². The fraction of sp³-hybridized carbons (Fsp3) is 0.500. The summed E-state index contributed by atoms with van der Waals surface area (Å²) in [5.41, 5.74) is 1.41. The third-order valence-electron chi connectivity index (χ3n) is 5.15. The zero-order chi connectivity index (χ0) is 21.2. The van der Waals surface area contributed by atoms with Crippen LogP contribution in [0.4, 0.5) is 4.39 Å². The van der Waals surface area contributed by atoms with Crippen molar-refractivity contribution in [3.63, 3.8) is 0 Å². The molecular weight excluding hydrogens is 385 g/mol. The number of benzene rings is 1. The molecule has 0 bridgehead atoms. The third-order valence-corrected chi connectivity index (χ3v) is 5.15. The van der Waals surface area contributed by atoms with Gasteiger partial charge in [0.15, 0.2) is 17.7 Å². The highest BCUT2D eigenvalue weighted by molar-refractivity contribution is 5.77. The van der Waals surface area contributed by atoms with Gasteiger partial charge >= 0.3 is 5.97 Å². The fourth-order valence-corrected chi connectivity index (χ4v) is 3.40. The molecule has 1 saturated heterocycles. The first-order valence-corrected chi connectivity index (χ1v) is 10.9. The lowest BCUT2D eigenvalue weighted by Crippen LogP contribution is -2.25. The van der Waals surface area contributed by atoms with Crippen LogP contribution < -0.4 is 9.47 Å². The van der Waals surface area contributed by atoms with E-state index in [1.54, 1.807) is 18.3 Å². The Morgan fingerprint density at radius 3 is 2.63 bits per heavy atom. The van der Waals surface area contributed by atoms with Gasteiger partial charge in [-0.25, -0.2) is 14.2 Å². The number of ether oxygens (including phenoxy) is 3. The molecule has 3 rings (SSSR count). The second-order valence-electron chi connectivity index (χ2n) is 7.57. The van der Waals surface area contributed by atoms with Gasteiger partial charge in [-0.15, -0.1) is 0 Å². The molecule has 1 atom stereocenters. The van der Waals surface area contributed by atoms with Gasteiger partial charge in [0.2, 0.25) is 5.88 Å². The highest BCUT2D eigenvalue weighted by atomic mass is 19.1. The van der Waals surface area contributed by atoms with Crippen molar-refractivity contribution in [2.75, 3.05) is 13.2 Å². The minimum absolute atomic E-state index is 0.0916. The van der Waals surface area contributed by atoms with E-state index >= 15 is 0 Å². The molecule has 1 unspecified atom stereocenters. The number of carbonyl (C=O) groups is 1. The molecule has 1 aliphatic heterocycles. The van der Waals surface area contributed by atoms with E-state index in [1.807, 2.05) is 6.07 Å². The lowest BCUT2D eigenvalue weighted by Gasteiger charge is -2.11. The molecule has 1 aromatic carbocycles. The molecule has 0 radical (unpaired) electrons. The quantitative estimate of drug-likeness (QED) is 0.267. The SMILES string of the molecule is CCCCCCCCOc1ccc(-c2ccc(OC(=O)C3CCCO3)c(F)c2)cn1. The Kier molecular flexibility index (Phi) is 8.63. The Hall–Kier alpha value is -2.47. The van der Waals surface area contributed by atoms with Crippen LogP contribution in [0, 0.1) is 5.82 Å². The van der Waals surface area contributed by atoms with Crippen molar-refractivity contribution < 1.29 is 23.4 Å². The number of halogens is 1. The predicted molar refractivity (Wildman–Crippen MR) is 113 cm³/mol. The van der Waals surface area contributed by atoms with Crippen LogP contribution in [-0.4, -0.2) is 30.3 Å². The topological polar surface area (TPSA) is 57.7 Å². The van der Waals surface area contributed by atoms with Crippen molar-refractivity contribution in [2.45, 2.75) is 64.4 Å². The van der Waals surface area contributed by atoms with Crippen LogP contribution in [0.5, 0.6) is 11.6 Å². The van der Waals surface area contributed by atoms with E-state index in [9.17, 15) is 9.18 Å². The molecule has 1 aromatic heterocycles. The number of hydrogen-bond acceptors (Lipinski definition) is 5. The fourth-order valence-electron chi connectivity index (χ4n) is 3.40. The summed E-state index contributed by atoms with van der Waals surface area (Å²) in [5, 5.41) is 0. The maximum absolute atomic E-state index is 14.4. The number of rotatable bonds is 11. The lowest BCUT2D eigenvalue weighted by molar-refractivity contribution is -0.144. The molecule has 2 aromatic rings. The molecule has 30 heavy (non-hydrogen) atoms. The molecule has 0 spiro atoms. The van der Waals surface area contributed by atoms with Gasteiger partial charge < -0.3 is 14.2 Å². The van der Waals surface area contributed by atoms with Gasteiger partial charge in [-0.05, 0) is 43.0 Å². The van der Waals surface area contributed by atoms with E-state index < -0.39 is 17.9 Å². The Bertz CT molecular complexity index is 803. The average molecular weight is 416 g/mol. The Morgan fingerprint density at radius 2 is 1.93 bits per heavy atom. The average Bonchev–Trinajstić information content (AvgIpc) is 3.30. The van der Waals surface area contributed by atoms with E-state index in [0.29, 0.717) is 31.1 Å².